The van der Waals surface area contributed by atoms with Gasteiger partial charge in [0, 0.05) is 37.3 Å². The van der Waals surface area contributed by atoms with Crippen molar-refractivity contribution in [3.63, 3.8) is 0 Å². The van der Waals surface area contributed by atoms with Crippen LogP contribution < -0.4 is 10.6 Å². The molecule has 1 saturated carbocycles. The third-order valence-corrected chi connectivity index (χ3v) is 2.97. The van der Waals surface area contributed by atoms with Gasteiger partial charge in [0.25, 0.3) is 0 Å². The lowest BCUT2D eigenvalue weighted by Gasteiger charge is -2.13. The van der Waals surface area contributed by atoms with E-state index in [1.165, 1.54) is 19.2 Å². The Morgan fingerprint density at radius 1 is 1.53 bits per heavy atom. The summed E-state index contributed by atoms with van der Waals surface area (Å²) in [6, 6.07) is -0.373. The van der Waals surface area contributed by atoms with Crippen LogP contribution >= 0.6 is 0 Å². The Kier molecular flexibility index (Phi) is 4.51. The zero-order valence-corrected chi connectivity index (χ0v) is 10.6. The summed E-state index contributed by atoms with van der Waals surface area (Å²) in [6.45, 7) is 0.590. The number of imidazole rings is 1. The number of hydrogen-bond acceptors (Lipinski definition) is 4. The molecule has 0 aromatic carbocycles. The molecule has 0 aliphatic heterocycles. The van der Waals surface area contributed by atoms with Crippen molar-refractivity contribution < 1.29 is 14.7 Å². The highest BCUT2D eigenvalue weighted by Gasteiger charge is 2.22. The van der Waals surface area contributed by atoms with Crippen molar-refractivity contribution >= 4 is 11.9 Å². The van der Waals surface area contributed by atoms with Crippen LogP contribution in [0.2, 0.25) is 0 Å². The molecule has 1 heterocycles. The molecular weight excluding hydrogens is 248 g/mol. The first-order valence-corrected chi connectivity index (χ1v) is 6.38. The van der Waals surface area contributed by atoms with Crippen LogP contribution in [0.25, 0.3) is 0 Å². The second-order valence-electron chi connectivity index (χ2n) is 4.72. The van der Waals surface area contributed by atoms with Crippen molar-refractivity contribution in [2.24, 2.45) is 0 Å². The summed E-state index contributed by atoms with van der Waals surface area (Å²) in [5.74, 6) is -1.29. The summed E-state index contributed by atoms with van der Waals surface area (Å²) in [5.41, 5.74) is 0.684. The number of aromatic amines is 1. The summed E-state index contributed by atoms with van der Waals surface area (Å²) in [6.07, 6.45) is 5.87. The van der Waals surface area contributed by atoms with Gasteiger partial charge in [-0.15, -0.1) is 0 Å². The van der Waals surface area contributed by atoms with Gasteiger partial charge < -0.3 is 20.7 Å². The fourth-order valence-electron chi connectivity index (χ4n) is 1.76. The minimum absolute atomic E-state index is 0.205. The largest absolute Gasteiger partial charge is 0.480 e. The Morgan fingerprint density at radius 2 is 2.32 bits per heavy atom. The zero-order chi connectivity index (χ0) is 13.7. The van der Waals surface area contributed by atoms with Crippen molar-refractivity contribution in [2.75, 3.05) is 6.54 Å². The standard InChI is InChI=1S/C12H18N4O3/c17-11(3-4-14-8-1-2-8)16-10(12(18)19)5-9-6-13-7-15-9/h6-8,10,14H,1-5H2,(H,13,15)(H,16,17)(H,18,19)/t10-/m0/s1. The second-order valence-corrected chi connectivity index (χ2v) is 4.72. The fourth-order valence-corrected chi connectivity index (χ4v) is 1.76. The summed E-state index contributed by atoms with van der Waals surface area (Å²) < 4.78 is 0. The topological polar surface area (TPSA) is 107 Å². The molecule has 0 saturated heterocycles. The molecule has 1 aliphatic carbocycles. The quantitative estimate of drug-likeness (QED) is 0.515. The van der Waals surface area contributed by atoms with E-state index in [0.29, 0.717) is 24.7 Å². The lowest BCUT2D eigenvalue weighted by Crippen LogP contribution is -2.43. The third kappa shape index (κ3) is 4.70. The van der Waals surface area contributed by atoms with Crippen LogP contribution in [0.3, 0.4) is 0 Å². The molecule has 1 atom stereocenters. The Bertz CT molecular complexity index is 428. The van der Waals surface area contributed by atoms with E-state index in [0.717, 1.165) is 0 Å². The van der Waals surface area contributed by atoms with Gasteiger partial charge in [-0.1, -0.05) is 0 Å². The van der Waals surface area contributed by atoms with Gasteiger partial charge in [-0.25, -0.2) is 9.78 Å². The molecule has 1 aromatic heterocycles. The van der Waals surface area contributed by atoms with Gasteiger partial charge in [-0.05, 0) is 12.8 Å². The van der Waals surface area contributed by atoms with Crippen molar-refractivity contribution in [2.45, 2.75) is 37.8 Å². The molecule has 0 radical (unpaired) electrons. The van der Waals surface area contributed by atoms with Crippen LogP contribution in [0.1, 0.15) is 25.0 Å². The number of carboxylic acid groups (broad SMARTS) is 1. The van der Waals surface area contributed by atoms with Crippen molar-refractivity contribution in [3.8, 4) is 0 Å². The van der Waals surface area contributed by atoms with Gasteiger partial charge in [0.1, 0.15) is 6.04 Å². The number of amides is 1. The predicted molar refractivity (Wildman–Crippen MR) is 67.5 cm³/mol. The number of carbonyl (C=O) groups is 2. The lowest BCUT2D eigenvalue weighted by atomic mass is 10.1. The summed E-state index contributed by atoms with van der Waals surface area (Å²) in [7, 11) is 0. The predicted octanol–water partition coefficient (Wildman–Crippen LogP) is -0.336. The zero-order valence-electron chi connectivity index (χ0n) is 10.6. The molecule has 19 heavy (non-hydrogen) atoms. The maximum Gasteiger partial charge on any atom is 0.326 e. The average Bonchev–Trinajstić information content (AvgIpc) is 3.03. The molecular formula is C12H18N4O3. The number of aromatic nitrogens is 2. The Hall–Kier alpha value is -1.89. The summed E-state index contributed by atoms with van der Waals surface area (Å²) in [5, 5.41) is 14.8. The fraction of sp³-hybridized carbons (Fsp3) is 0.583. The molecule has 1 aliphatic rings. The molecule has 1 aromatic rings. The molecule has 104 valence electrons. The van der Waals surface area contributed by atoms with E-state index < -0.39 is 12.0 Å². The van der Waals surface area contributed by atoms with Crippen LogP contribution in [-0.2, 0) is 16.0 Å². The molecule has 4 N–H and O–H groups in total. The number of aliphatic carboxylic acids is 1. The molecule has 7 nitrogen and oxygen atoms in total. The second kappa shape index (κ2) is 6.33. The van der Waals surface area contributed by atoms with Crippen molar-refractivity contribution in [3.05, 3.63) is 18.2 Å². The normalized spacial score (nSPS) is 16.0. The monoisotopic (exact) mass is 266 g/mol. The highest BCUT2D eigenvalue weighted by molar-refractivity contribution is 5.83. The minimum Gasteiger partial charge on any atom is -0.480 e. The SMILES string of the molecule is O=C(CCNC1CC1)N[C@@H](Cc1cnc[nH]1)C(=O)O. The highest BCUT2D eigenvalue weighted by Crippen LogP contribution is 2.18. The minimum atomic E-state index is -1.04. The van der Waals surface area contributed by atoms with Gasteiger partial charge in [0.05, 0.1) is 6.33 Å². The number of H-pyrrole nitrogens is 1. The van der Waals surface area contributed by atoms with E-state index in [1.54, 1.807) is 6.20 Å². The first-order chi connectivity index (χ1) is 9.15. The Morgan fingerprint density at radius 3 is 2.89 bits per heavy atom. The average molecular weight is 266 g/mol. The molecule has 2 rings (SSSR count). The first kappa shape index (κ1) is 13.5. The van der Waals surface area contributed by atoms with Crippen LogP contribution in [0.15, 0.2) is 12.5 Å². The number of nitrogens with one attached hydrogen (secondary N) is 3. The van der Waals surface area contributed by atoms with Crippen molar-refractivity contribution in [1.82, 2.24) is 20.6 Å². The number of hydrogen-bond donors (Lipinski definition) is 4. The van der Waals surface area contributed by atoms with Crippen molar-refractivity contribution in [1.29, 1.82) is 0 Å². The van der Waals surface area contributed by atoms with Crippen LogP contribution in [-0.4, -0.2) is 45.6 Å². The first-order valence-electron chi connectivity index (χ1n) is 6.38. The third-order valence-electron chi connectivity index (χ3n) is 2.97. The summed E-state index contributed by atoms with van der Waals surface area (Å²) in [4.78, 5) is 29.4. The lowest BCUT2D eigenvalue weighted by molar-refractivity contribution is -0.141. The van der Waals surface area contributed by atoms with Crippen LogP contribution in [0.5, 0.6) is 0 Å². The van der Waals surface area contributed by atoms with Gasteiger partial charge >= 0.3 is 5.97 Å². The van der Waals surface area contributed by atoms with Gasteiger partial charge in [-0.2, -0.15) is 0 Å². The van der Waals surface area contributed by atoms with E-state index in [9.17, 15) is 9.59 Å². The van der Waals surface area contributed by atoms with E-state index >= 15 is 0 Å². The van der Waals surface area contributed by atoms with Crippen LogP contribution in [0.4, 0.5) is 0 Å². The Balaban J connectivity index is 1.74. The smallest absolute Gasteiger partial charge is 0.326 e. The number of rotatable bonds is 8. The summed E-state index contributed by atoms with van der Waals surface area (Å²) >= 11 is 0. The van der Waals surface area contributed by atoms with E-state index in [-0.39, 0.29) is 12.3 Å². The van der Waals surface area contributed by atoms with Gasteiger partial charge in [0.15, 0.2) is 0 Å². The highest BCUT2D eigenvalue weighted by atomic mass is 16.4. The molecule has 1 amide bonds. The Labute approximate surface area is 110 Å². The van der Waals surface area contributed by atoms with Gasteiger partial charge in [0.2, 0.25) is 5.91 Å². The van der Waals surface area contributed by atoms with Gasteiger partial charge in [-0.3, -0.25) is 4.79 Å². The maximum atomic E-state index is 11.6. The van der Waals surface area contributed by atoms with Crippen LogP contribution in [0, 0.1) is 0 Å². The molecule has 0 unspecified atom stereocenters. The van der Waals surface area contributed by atoms with E-state index in [1.807, 2.05) is 0 Å². The molecule has 0 spiro atoms. The molecule has 7 heteroatoms. The van der Waals surface area contributed by atoms with E-state index in [2.05, 4.69) is 20.6 Å². The number of carbonyl (C=O) groups excluding carboxylic acids is 1. The maximum absolute atomic E-state index is 11.6. The number of nitrogens with zero attached hydrogens (tertiary/aromatic N) is 1. The number of carboxylic acids is 1. The molecule has 1 fully saturated rings. The molecule has 0 bridgehead atoms. The van der Waals surface area contributed by atoms with E-state index in [4.69, 9.17) is 5.11 Å².